The van der Waals surface area contributed by atoms with Crippen molar-refractivity contribution in [2.75, 3.05) is 40.0 Å². The van der Waals surface area contributed by atoms with E-state index in [9.17, 15) is 4.79 Å². The van der Waals surface area contributed by atoms with Gasteiger partial charge < -0.3 is 19.5 Å². The SMILES string of the molecule is CCCOc1ccc(C(=O)NCC2CCN(Cc3ccc(OC)cc3)CC2)cc1OCC. The Labute approximate surface area is 191 Å². The summed E-state index contributed by atoms with van der Waals surface area (Å²) in [7, 11) is 1.69. The molecule has 2 aromatic rings. The fourth-order valence-corrected chi connectivity index (χ4v) is 3.93. The highest BCUT2D eigenvalue weighted by Crippen LogP contribution is 2.29. The van der Waals surface area contributed by atoms with Gasteiger partial charge in [-0.3, -0.25) is 9.69 Å². The number of methoxy groups -OCH3 is 1. The number of ether oxygens (including phenoxy) is 3. The summed E-state index contributed by atoms with van der Waals surface area (Å²) in [6.07, 6.45) is 3.10. The first-order valence-corrected chi connectivity index (χ1v) is 11.7. The molecule has 0 bridgehead atoms. The molecule has 0 aromatic heterocycles. The van der Waals surface area contributed by atoms with Crippen LogP contribution in [0.1, 0.15) is 49.0 Å². The van der Waals surface area contributed by atoms with Crippen LogP contribution in [-0.2, 0) is 6.54 Å². The molecule has 1 aliphatic rings. The summed E-state index contributed by atoms with van der Waals surface area (Å²) < 4.78 is 16.6. The standard InChI is InChI=1S/C26H36N2O4/c1-4-16-32-24-11-8-22(17-25(24)31-5-2)26(29)27-18-20-12-14-28(15-13-20)19-21-6-9-23(30-3)10-7-21/h6-11,17,20H,4-5,12-16,18-19H2,1-3H3,(H,27,29). The molecule has 0 saturated carbocycles. The minimum atomic E-state index is -0.0614. The first kappa shape index (κ1) is 23.9. The number of benzene rings is 2. The Hall–Kier alpha value is -2.73. The van der Waals surface area contributed by atoms with Crippen LogP contribution in [0.4, 0.5) is 0 Å². The third-order valence-corrected chi connectivity index (χ3v) is 5.79. The van der Waals surface area contributed by atoms with Gasteiger partial charge >= 0.3 is 0 Å². The molecule has 1 amide bonds. The summed E-state index contributed by atoms with van der Waals surface area (Å²) in [4.78, 5) is 15.2. The second-order valence-electron chi connectivity index (χ2n) is 8.22. The Morgan fingerprint density at radius 1 is 1.03 bits per heavy atom. The van der Waals surface area contributed by atoms with E-state index in [1.807, 2.05) is 25.1 Å². The molecule has 6 heteroatoms. The van der Waals surface area contributed by atoms with Gasteiger partial charge in [0.05, 0.1) is 20.3 Å². The molecule has 0 unspecified atom stereocenters. The lowest BCUT2D eigenvalue weighted by Crippen LogP contribution is -2.38. The smallest absolute Gasteiger partial charge is 0.251 e. The van der Waals surface area contributed by atoms with Crippen molar-refractivity contribution in [3.05, 3.63) is 53.6 Å². The summed E-state index contributed by atoms with van der Waals surface area (Å²) in [6.45, 7) is 8.90. The van der Waals surface area contributed by atoms with Crippen molar-refractivity contribution in [1.29, 1.82) is 0 Å². The van der Waals surface area contributed by atoms with Crippen molar-refractivity contribution in [2.45, 2.75) is 39.7 Å². The van der Waals surface area contributed by atoms with Crippen LogP contribution >= 0.6 is 0 Å². The first-order valence-electron chi connectivity index (χ1n) is 11.7. The van der Waals surface area contributed by atoms with Crippen molar-refractivity contribution in [3.63, 3.8) is 0 Å². The summed E-state index contributed by atoms with van der Waals surface area (Å²) >= 11 is 0. The Morgan fingerprint density at radius 2 is 1.78 bits per heavy atom. The van der Waals surface area contributed by atoms with E-state index in [4.69, 9.17) is 14.2 Å². The molecule has 174 valence electrons. The number of piperidine rings is 1. The third-order valence-electron chi connectivity index (χ3n) is 5.79. The van der Waals surface area contributed by atoms with Crippen LogP contribution in [0, 0.1) is 5.92 Å². The van der Waals surface area contributed by atoms with Gasteiger partial charge in [-0.05, 0) is 81.1 Å². The maximum absolute atomic E-state index is 12.7. The van der Waals surface area contributed by atoms with E-state index in [0.717, 1.165) is 44.6 Å². The van der Waals surface area contributed by atoms with Crippen LogP contribution in [0.5, 0.6) is 17.2 Å². The summed E-state index contributed by atoms with van der Waals surface area (Å²) in [5.74, 6) is 2.65. The third kappa shape index (κ3) is 6.89. The number of hydrogen-bond donors (Lipinski definition) is 1. The van der Waals surface area contributed by atoms with Crippen molar-refractivity contribution in [3.8, 4) is 17.2 Å². The number of likely N-dealkylation sites (tertiary alicyclic amines) is 1. The molecule has 1 N–H and O–H groups in total. The largest absolute Gasteiger partial charge is 0.497 e. The number of nitrogens with one attached hydrogen (secondary N) is 1. The van der Waals surface area contributed by atoms with Crippen LogP contribution in [0.15, 0.2) is 42.5 Å². The molecular formula is C26H36N2O4. The fraction of sp³-hybridized carbons (Fsp3) is 0.500. The van der Waals surface area contributed by atoms with Crippen LogP contribution < -0.4 is 19.5 Å². The first-order chi connectivity index (χ1) is 15.6. The monoisotopic (exact) mass is 440 g/mol. The molecule has 2 aromatic carbocycles. The number of carbonyl (C=O) groups excluding carboxylic acids is 1. The van der Waals surface area contributed by atoms with Crippen LogP contribution in [0.3, 0.4) is 0 Å². The van der Waals surface area contributed by atoms with E-state index in [0.29, 0.717) is 42.7 Å². The van der Waals surface area contributed by atoms with Gasteiger partial charge in [-0.2, -0.15) is 0 Å². The lowest BCUT2D eigenvalue weighted by atomic mass is 9.96. The van der Waals surface area contributed by atoms with E-state index in [2.05, 4.69) is 29.3 Å². The Morgan fingerprint density at radius 3 is 2.44 bits per heavy atom. The summed E-state index contributed by atoms with van der Waals surface area (Å²) in [5, 5.41) is 3.11. The van der Waals surface area contributed by atoms with Crippen LogP contribution in [0.2, 0.25) is 0 Å². The van der Waals surface area contributed by atoms with Gasteiger partial charge in [-0.25, -0.2) is 0 Å². The molecule has 0 spiro atoms. The second-order valence-corrected chi connectivity index (χ2v) is 8.22. The minimum absolute atomic E-state index is 0.0614. The lowest BCUT2D eigenvalue weighted by molar-refractivity contribution is 0.0934. The topological polar surface area (TPSA) is 60.0 Å². The molecule has 1 fully saturated rings. The second kappa shape index (κ2) is 12.3. The van der Waals surface area contributed by atoms with Gasteiger partial charge in [-0.1, -0.05) is 19.1 Å². The molecular weight excluding hydrogens is 404 g/mol. The van der Waals surface area contributed by atoms with E-state index in [1.165, 1.54) is 5.56 Å². The fourth-order valence-electron chi connectivity index (χ4n) is 3.93. The van der Waals surface area contributed by atoms with Crippen molar-refractivity contribution in [1.82, 2.24) is 10.2 Å². The van der Waals surface area contributed by atoms with Gasteiger partial charge in [0.1, 0.15) is 5.75 Å². The highest BCUT2D eigenvalue weighted by molar-refractivity contribution is 5.94. The average Bonchev–Trinajstić information content (AvgIpc) is 2.83. The van der Waals surface area contributed by atoms with Crippen LogP contribution in [0.25, 0.3) is 0 Å². The average molecular weight is 441 g/mol. The van der Waals surface area contributed by atoms with E-state index >= 15 is 0 Å². The molecule has 1 saturated heterocycles. The lowest BCUT2D eigenvalue weighted by Gasteiger charge is -2.32. The zero-order chi connectivity index (χ0) is 22.8. The normalized spacial score (nSPS) is 14.7. The number of amides is 1. The molecule has 1 aliphatic heterocycles. The minimum Gasteiger partial charge on any atom is -0.497 e. The summed E-state index contributed by atoms with van der Waals surface area (Å²) in [6, 6.07) is 13.7. The maximum atomic E-state index is 12.7. The molecule has 1 heterocycles. The van der Waals surface area contributed by atoms with Gasteiger partial charge in [0, 0.05) is 18.7 Å². The molecule has 0 radical (unpaired) electrons. The van der Waals surface area contributed by atoms with E-state index in [-0.39, 0.29) is 5.91 Å². The van der Waals surface area contributed by atoms with Gasteiger partial charge in [0.2, 0.25) is 0 Å². The van der Waals surface area contributed by atoms with E-state index in [1.54, 1.807) is 19.2 Å². The predicted molar refractivity (Wildman–Crippen MR) is 127 cm³/mol. The summed E-state index contributed by atoms with van der Waals surface area (Å²) in [5.41, 5.74) is 1.91. The number of nitrogens with zero attached hydrogens (tertiary/aromatic N) is 1. The maximum Gasteiger partial charge on any atom is 0.251 e. The Kier molecular flexibility index (Phi) is 9.23. The molecule has 0 atom stereocenters. The van der Waals surface area contributed by atoms with Gasteiger partial charge in [0.25, 0.3) is 5.91 Å². The van der Waals surface area contributed by atoms with Gasteiger partial charge in [-0.15, -0.1) is 0 Å². The molecule has 6 nitrogen and oxygen atoms in total. The zero-order valence-corrected chi connectivity index (χ0v) is 19.6. The zero-order valence-electron chi connectivity index (χ0n) is 19.6. The van der Waals surface area contributed by atoms with Crippen LogP contribution in [-0.4, -0.2) is 50.8 Å². The Balaban J connectivity index is 1.45. The molecule has 0 aliphatic carbocycles. The molecule has 32 heavy (non-hydrogen) atoms. The predicted octanol–water partition coefficient (Wildman–Crippen LogP) is 4.52. The molecule has 3 rings (SSSR count). The van der Waals surface area contributed by atoms with Crippen molar-refractivity contribution in [2.24, 2.45) is 5.92 Å². The van der Waals surface area contributed by atoms with E-state index < -0.39 is 0 Å². The quantitative estimate of drug-likeness (QED) is 0.557. The van der Waals surface area contributed by atoms with Gasteiger partial charge in [0.15, 0.2) is 11.5 Å². The number of rotatable bonds is 11. The highest BCUT2D eigenvalue weighted by atomic mass is 16.5. The highest BCUT2D eigenvalue weighted by Gasteiger charge is 2.20. The number of hydrogen-bond acceptors (Lipinski definition) is 5. The number of carbonyl (C=O) groups is 1. The van der Waals surface area contributed by atoms with Crippen molar-refractivity contribution >= 4 is 5.91 Å². The Bertz CT molecular complexity index is 845. The van der Waals surface area contributed by atoms with Crippen molar-refractivity contribution < 1.29 is 19.0 Å².